The van der Waals surface area contributed by atoms with Gasteiger partial charge in [-0.05, 0) is 0 Å². The van der Waals surface area contributed by atoms with Gasteiger partial charge in [0.25, 0.3) is 0 Å². The van der Waals surface area contributed by atoms with Crippen LogP contribution in [0.3, 0.4) is 0 Å². The second kappa shape index (κ2) is 3.40. The summed E-state index contributed by atoms with van der Waals surface area (Å²) in [6.07, 6.45) is 0. The van der Waals surface area contributed by atoms with Crippen LogP contribution in [0.25, 0.3) is 11.3 Å². The molecular formula is C8H5ClN2Se. The zero-order valence-electron chi connectivity index (χ0n) is 6.07. The fraction of sp³-hybridized carbons (Fsp3) is 0. The minimum atomic E-state index is 0.175. The van der Waals surface area contributed by atoms with Crippen LogP contribution in [-0.2, 0) is 0 Å². The molecule has 12 heavy (non-hydrogen) atoms. The Morgan fingerprint density at radius 3 is 2.75 bits per heavy atom. The molecule has 1 heterocycles. The van der Waals surface area contributed by atoms with Crippen LogP contribution in [0.2, 0.25) is 5.02 Å². The molecule has 0 aliphatic carbocycles. The van der Waals surface area contributed by atoms with Crippen molar-refractivity contribution < 1.29 is 0 Å². The van der Waals surface area contributed by atoms with Crippen molar-refractivity contribution in [3.8, 4) is 11.3 Å². The minimum absolute atomic E-state index is 0.175. The van der Waals surface area contributed by atoms with Crippen molar-refractivity contribution in [2.45, 2.75) is 0 Å². The van der Waals surface area contributed by atoms with Gasteiger partial charge in [-0.25, -0.2) is 0 Å². The number of aromatic nitrogens is 2. The summed E-state index contributed by atoms with van der Waals surface area (Å²) < 4.78 is 3.92. The van der Waals surface area contributed by atoms with E-state index in [0.29, 0.717) is 0 Å². The molecule has 1 aromatic heterocycles. The molecule has 2 nitrogen and oxygen atoms in total. The van der Waals surface area contributed by atoms with Crippen LogP contribution in [0.15, 0.2) is 29.2 Å². The summed E-state index contributed by atoms with van der Waals surface area (Å²) in [7, 11) is 0. The van der Waals surface area contributed by atoms with E-state index in [1.807, 2.05) is 29.2 Å². The first-order valence-electron chi connectivity index (χ1n) is 3.40. The first-order chi connectivity index (χ1) is 5.88. The van der Waals surface area contributed by atoms with Crippen molar-refractivity contribution in [1.29, 1.82) is 0 Å². The molecule has 0 aliphatic rings. The summed E-state index contributed by atoms with van der Waals surface area (Å²) in [5.74, 6) is 0. The Morgan fingerprint density at radius 1 is 1.25 bits per heavy atom. The van der Waals surface area contributed by atoms with Crippen LogP contribution in [0.5, 0.6) is 0 Å². The van der Waals surface area contributed by atoms with Gasteiger partial charge in [-0.1, -0.05) is 0 Å². The van der Waals surface area contributed by atoms with E-state index in [4.69, 9.17) is 11.6 Å². The molecule has 60 valence electrons. The average Bonchev–Trinajstić information content (AvgIpc) is 2.57. The number of halogens is 1. The zero-order chi connectivity index (χ0) is 8.39. The van der Waals surface area contributed by atoms with Crippen molar-refractivity contribution in [3.05, 3.63) is 34.2 Å². The van der Waals surface area contributed by atoms with Crippen LogP contribution in [-0.4, -0.2) is 23.9 Å². The zero-order valence-corrected chi connectivity index (χ0v) is 8.54. The number of hydrogen-bond acceptors (Lipinski definition) is 2. The van der Waals surface area contributed by atoms with E-state index in [1.54, 1.807) is 0 Å². The third kappa shape index (κ3) is 1.44. The van der Waals surface area contributed by atoms with Gasteiger partial charge in [-0.3, -0.25) is 0 Å². The quantitative estimate of drug-likeness (QED) is 0.715. The van der Waals surface area contributed by atoms with E-state index in [0.717, 1.165) is 16.3 Å². The van der Waals surface area contributed by atoms with Crippen molar-refractivity contribution in [1.82, 2.24) is 9.19 Å². The van der Waals surface area contributed by atoms with Gasteiger partial charge < -0.3 is 0 Å². The van der Waals surface area contributed by atoms with Gasteiger partial charge in [0.15, 0.2) is 0 Å². The Balaban J connectivity index is 2.55. The second-order valence-corrected chi connectivity index (χ2v) is 3.96. The van der Waals surface area contributed by atoms with Gasteiger partial charge in [0.1, 0.15) is 0 Å². The van der Waals surface area contributed by atoms with Crippen molar-refractivity contribution in [2.24, 2.45) is 0 Å². The van der Waals surface area contributed by atoms with E-state index in [9.17, 15) is 0 Å². The monoisotopic (exact) mass is 244 g/mol. The van der Waals surface area contributed by atoms with Crippen LogP contribution in [0, 0.1) is 0 Å². The Hall–Kier alpha value is -0.631. The molecule has 0 bridgehead atoms. The van der Waals surface area contributed by atoms with E-state index in [-0.39, 0.29) is 14.7 Å². The number of nitrogens with zero attached hydrogens (tertiary/aromatic N) is 2. The van der Waals surface area contributed by atoms with Crippen molar-refractivity contribution in [3.63, 3.8) is 0 Å². The molecule has 0 N–H and O–H groups in total. The van der Waals surface area contributed by atoms with Gasteiger partial charge in [-0.15, -0.1) is 0 Å². The first kappa shape index (κ1) is 7.99. The molecule has 0 amide bonds. The Morgan fingerprint density at radius 2 is 2.08 bits per heavy atom. The molecule has 0 saturated heterocycles. The third-order valence-electron chi connectivity index (χ3n) is 1.51. The summed E-state index contributed by atoms with van der Waals surface area (Å²) in [5, 5.41) is 4.73. The maximum atomic E-state index is 5.97. The van der Waals surface area contributed by atoms with Gasteiger partial charge in [-0.2, -0.15) is 0 Å². The molecule has 0 unspecified atom stereocenters. The third-order valence-corrected chi connectivity index (χ3v) is 2.90. The fourth-order valence-electron chi connectivity index (χ4n) is 0.951. The summed E-state index contributed by atoms with van der Waals surface area (Å²) >= 11 is 6.14. The Bertz CT molecular complexity index is 372. The summed E-state index contributed by atoms with van der Waals surface area (Å²) in [6, 6.07) is 7.67. The van der Waals surface area contributed by atoms with E-state index in [1.165, 1.54) is 0 Å². The Kier molecular flexibility index (Phi) is 2.26. The first-order valence-corrected chi connectivity index (χ1v) is 5.53. The average molecular weight is 244 g/mol. The molecule has 0 aliphatic heterocycles. The molecule has 1 aromatic carbocycles. The van der Waals surface area contributed by atoms with E-state index < -0.39 is 0 Å². The fourth-order valence-corrected chi connectivity index (χ4v) is 2.14. The number of benzene rings is 1. The number of hydrogen-bond donors (Lipinski definition) is 0. The van der Waals surface area contributed by atoms with Gasteiger partial charge in [0, 0.05) is 0 Å². The molecule has 0 spiro atoms. The standard InChI is InChI=1S/C8H5ClN2Se/c9-7-4-2-1-3-6(7)8-5-12-11-10-8/h1-5H. The summed E-state index contributed by atoms with van der Waals surface area (Å²) in [6.45, 7) is 0. The van der Waals surface area contributed by atoms with Crippen LogP contribution in [0.4, 0.5) is 0 Å². The molecular weight excluding hydrogens is 239 g/mol. The van der Waals surface area contributed by atoms with Crippen molar-refractivity contribution in [2.75, 3.05) is 0 Å². The van der Waals surface area contributed by atoms with Gasteiger partial charge in [0.05, 0.1) is 0 Å². The predicted molar refractivity (Wildman–Crippen MR) is 49.4 cm³/mol. The molecule has 2 aromatic rings. The molecule has 0 fully saturated rings. The maximum absolute atomic E-state index is 5.97. The Labute approximate surface area is 81.2 Å². The van der Waals surface area contributed by atoms with E-state index in [2.05, 4.69) is 9.19 Å². The molecule has 2 rings (SSSR count). The van der Waals surface area contributed by atoms with Crippen LogP contribution >= 0.6 is 11.6 Å². The van der Waals surface area contributed by atoms with Crippen molar-refractivity contribution >= 4 is 26.3 Å². The normalized spacial score (nSPS) is 10.1. The summed E-state index contributed by atoms with van der Waals surface area (Å²) in [4.78, 5) is 2.02. The second-order valence-electron chi connectivity index (χ2n) is 2.27. The van der Waals surface area contributed by atoms with Crippen LogP contribution in [0.1, 0.15) is 0 Å². The molecule has 0 saturated carbocycles. The number of rotatable bonds is 1. The molecule has 0 atom stereocenters. The van der Waals surface area contributed by atoms with Gasteiger partial charge >= 0.3 is 81.0 Å². The molecule has 4 heteroatoms. The van der Waals surface area contributed by atoms with E-state index >= 15 is 0 Å². The molecule has 0 radical (unpaired) electrons. The van der Waals surface area contributed by atoms with Crippen LogP contribution < -0.4 is 0 Å². The SMILES string of the molecule is Clc1ccccc1-c1c[se]nn1. The summed E-state index contributed by atoms with van der Waals surface area (Å²) in [5.41, 5.74) is 1.88. The predicted octanol–water partition coefficient (Wildman–Crippen LogP) is 1.85. The van der Waals surface area contributed by atoms with Gasteiger partial charge in [0.2, 0.25) is 0 Å². The topological polar surface area (TPSA) is 25.8 Å².